The van der Waals surface area contributed by atoms with Gasteiger partial charge in [-0.25, -0.2) is 15.0 Å². The number of nitrogens with zero attached hydrogens (tertiary/aromatic N) is 2. The maximum Gasteiger partial charge on any atom is 0.414 e. The zero-order valence-electron chi connectivity index (χ0n) is 10.7. The molecule has 1 saturated heterocycles. The summed E-state index contributed by atoms with van der Waals surface area (Å²) in [5.41, 5.74) is 11.0. The van der Waals surface area contributed by atoms with Gasteiger partial charge in [0.25, 0.3) is 0 Å². The highest BCUT2D eigenvalue weighted by atomic mass is 19.1. The molecule has 1 aromatic carbocycles. The SMILES string of the molecule is N/C=C\N(N)C[C@H]1CN(c2ccc(N)c(F)c2)C(=O)O1. The fourth-order valence-electron chi connectivity index (χ4n) is 1.92. The van der Waals surface area contributed by atoms with Gasteiger partial charge in [0.1, 0.15) is 11.9 Å². The van der Waals surface area contributed by atoms with Crippen molar-refractivity contribution in [2.75, 3.05) is 23.7 Å². The molecule has 0 bridgehead atoms. The molecule has 0 radical (unpaired) electrons. The highest BCUT2D eigenvalue weighted by molar-refractivity contribution is 5.90. The zero-order valence-corrected chi connectivity index (χ0v) is 10.7. The van der Waals surface area contributed by atoms with Gasteiger partial charge >= 0.3 is 6.09 Å². The van der Waals surface area contributed by atoms with E-state index < -0.39 is 18.0 Å². The summed E-state index contributed by atoms with van der Waals surface area (Å²) < 4.78 is 18.6. The molecular formula is C12H16FN5O2. The normalized spacial score (nSPS) is 18.6. The number of nitrogens with two attached hydrogens (primary N) is 3. The van der Waals surface area contributed by atoms with Gasteiger partial charge in [-0.2, -0.15) is 0 Å². The van der Waals surface area contributed by atoms with Gasteiger partial charge in [-0.1, -0.05) is 0 Å². The van der Waals surface area contributed by atoms with Gasteiger partial charge in [-0.05, 0) is 18.2 Å². The number of benzene rings is 1. The number of cyclic esters (lactones) is 1. The number of rotatable bonds is 4. The number of hydrogen-bond acceptors (Lipinski definition) is 6. The molecule has 0 spiro atoms. The third kappa shape index (κ3) is 2.91. The number of ether oxygens (including phenoxy) is 1. The van der Waals surface area contributed by atoms with E-state index in [1.807, 2.05) is 0 Å². The Bertz CT molecular complexity index is 537. The first-order valence-corrected chi connectivity index (χ1v) is 5.94. The number of anilines is 2. The molecule has 20 heavy (non-hydrogen) atoms. The van der Waals surface area contributed by atoms with Crippen molar-refractivity contribution in [3.63, 3.8) is 0 Å². The number of carbonyl (C=O) groups excluding carboxylic acids is 1. The van der Waals surface area contributed by atoms with Crippen LogP contribution in [0.1, 0.15) is 0 Å². The minimum atomic E-state index is -0.578. The van der Waals surface area contributed by atoms with Crippen molar-refractivity contribution in [1.29, 1.82) is 0 Å². The van der Waals surface area contributed by atoms with Crippen molar-refractivity contribution in [3.05, 3.63) is 36.4 Å². The summed E-state index contributed by atoms with van der Waals surface area (Å²) in [6.07, 6.45) is 1.76. The second kappa shape index (κ2) is 5.66. The maximum atomic E-state index is 13.4. The summed E-state index contributed by atoms with van der Waals surface area (Å²) in [5, 5.41) is 1.31. The molecule has 0 aromatic heterocycles. The van der Waals surface area contributed by atoms with Crippen molar-refractivity contribution < 1.29 is 13.9 Å². The average Bonchev–Trinajstić information content (AvgIpc) is 2.74. The number of hydrazine groups is 1. The lowest BCUT2D eigenvalue weighted by atomic mass is 10.2. The van der Waals surface area contributed by atoms with E-state index >= 15 is 0 Å². The van der Waals surface area contributed by atoms with Crippen molar-refractivity contribution in [2.24, 2.45) is 11.6 Å². The van der Waals surface area contributed by atoms with Crippen LogP contribution >= 0.6 is 0 Å². The monoisotopic (exact) mass is 281 g/mol. The van der Waals surface area contributed by atoms with Crippen molar-refractivity contribution >= 4 is 17.5 Å². The van der Waals surface area contributed by atoms with Gasteiger partial charge in [0.2, 0.25) is 0 Å². The van der Waals surface area contributed by atoms with Gasteiger partial charge in [-0.15, -0.1) is 0 Å². The summed E-state index contributed by atoms with van der Waals surface area (Å²) >= 11 is 0. The minimum Gasteiger partial charge on any atom is -0.442 e. The fraction of sp³-hybridized carbons (Fsp3) is 0.250. The van der Waals surface area contributed by atoms with Crippen LogP contribution in [-0.4, -0.2) is 30.3 Å². The van der Waals surface area contributed by atoms with Crippen LogP contribution in [0, 0.1) is 5.82 Å². The van der Waals surface area contributed by atoms with Crippen LogP contribution in [0.3, 0.4) is 0 Å². The molecule has 8 heteroatoms. The molecule has 1 atom stereocenters. The number of halogens is 1. The Labute approximate surface area is 115 Å². The molecule has 1 heterocycles. The maximum absolute atomic E-state index is 13.4. The second-order valence-electron chi connectivity index (χ2n) is 4.36. The molecule has 6 N–H and O–H groups in total. The Morgan fingerprint density at radius 2 is 2.30 bits per heavy atom. The van der Waals surface area contributed by atoms with E-state index in [1.54, 1.807) is 6.07 Å². The predicted molar refractivity (Wildman–Crippen MR) is 72.6 cm³/mol. The standard InChI is InChI=1S/C12H16FN5O2/c13-10-5-8(1-2-11(10)15)18-7-9(20-12(18)19)6-17(16)4-3-14/h1-5,9H,6-7,14-16H2/b4-3-/t9-/m0/s1. The third-order valence-corrected chi connectivity index (χ3v) is 2.86. The molecular weight excluding hydrogens is 265 g/mol. The number of hydrogen-bond donors (Lipinski definition) is 3. The van der Waals surface area contributed by atoms with E-state index in [0.717, 1.165) is 0 Å². The summed E-state index contributed by atoms with van der Waals surface area (Å²) in [6.45, 7) is 0.557. The minimum absolute atomic E-state index is 0.0269. The molecule has 1 aliphatic heterocycles. The summed E-state index contributed by atoms with van der Waals surface area (Å²) in [7, 11) is 0. The highest BCUT2D eigenvalue weighted by Gasteiger charge is 2.33. The van der Waals surface area contributed by atoms with Crippen LogP contribution in [0.25, 0.3) is 0 Å². The number of amides is 1. The Kier molecular flexibility index (Phi) is 3.94. The van der Waals surface area contributed by atoms with E-state index in [1.165, 1.54) is 34.4 Å². The number of carbonyl (C=O) groups is 1. The quantitative estimate of drug-likeness (QED) is 0.417. The molecule has 2 rings (SSSR count). The molecule has 1 aromatic rings. The van der Waals surface area contributed by atoms with E-state index in [9.17, 15) is 9.18 Å². The fourth-order valence-corrected chi connectivity index (χ4v) is 1.92. The Morgan fingerprint density at radius 1 is 1.55 bits per heavy atom. The molecule has 0 unspecified atom stereocenters. The lowest BCUT2D eigenvalue weighted by Crippen LogP contribution is -2.36. The van der Waals surface area contributed by atoms with Crippen molar-refractivity contribution in [2.45, 2.75) is 6.10 Å². The average molecular weight is 281 g/mol. The van der Waals surface area contributed by atoms with E-state index in [2.05, 4.69) is 0 Å². The first kappa shape index (κ1) is 13.9. The molecule has 0 saturated carbocycles. The van der Waals surface area contributed by atoms with Crippen LogP contribution in [0.2, 0.25) is 0 Å². The van der Waals surface area contributed by atoms with Crippen molar-refractivity contribution in [1.82, 2.24) is 5.01 Å². The van der Waals surface area contributed by atoms with Gasteiger partial charge in [0.05, 0.1) is 24.5 Å². The van der Waals surface area contributed by atoms with Crippen LogP contribution < -0.4 is 22.2 Å². The van der Waals surface area contributed by atoms with E-state index in [4.69, 9.17) is 22.0 Å². The largest absolute Gasteiger partial charge is 0.442 e. The third-order valence-electron chi connectivity index (χ3n) is 2.86. The Hall–Kier alpha value is -2.48. The van der Waals surface area contributed by atoms with Gasteiger partial charge in [-0.3, -0.25) is 4.90 Å². The molecule has 1 aliphatic rings. The van der Waals surface area contributed by atoms with Crippen LogP contribution in [-0.2, 0) is 4.74 Å². The summed E-state index contributed by atoms with van der Waals surface area (Å²) in [5.74, 6) is 5.04. The van der Waals surface area contributed by atoms with Crippen molar-refractivity contribution in [3.8, 4) is 0 Å². The van der Waals surface area contributed by atoms with Gasteiger partial charge in [0, 0.05) is 12.4 Å². The van der Waals surface area contributed by atoms with Crippen LogP contribution in [0.5, 0.6) is 0 Å². The van der Waals surface area contributed by atoms with E-state index in [-0.39, 0.29) is 18.8 Å². The zero-order chi connectivity index (χ0) is 14.7. The Morgan fingerprint density at radius 3 is 2.95 bits per heavy atom. The lowest BCUT2D eigenvalue weighted by molar-refractivity contribution is 0.122. The van der Waals surface area contributed by atoms with Crippen LogP contribution in [0.15, 0.2) is 30.6 Å². The number of nitrogen functional groups attached to an aromatic ring is 1. The molecule has 7 nitrogen and oxygen atoms in total. The van der Waals surface area contributed by atoms with Gasteiger partial charge < -0.3 is 21.2 Å². The molecule has 1 amide bonds. The van der Waals surface area contributed by atoms with Crippen LogP contribution in [0.4, 0.5) is 20.6 Å². The van der Waals surface area contributed by atoms with Gasteiger partial charge in [0.15, 0.2) is 0 Å². The Balaban J connectivity index is 2.07. The smallest absolute Gasteiger partial charge is 0.414 e. The first-order valence-electron chi connectivity index (χ1n) is 5.94. The molecule has 1 fully saturated rings. The summed E-state index contributed by atoms with van der Waals surface area (Å²) in [6, 6.07) is 4.15. The topological polar surface area (TPSA) is 111 Å². The second-order valence-corrected chi connectivity index (χ2v) is 4.36. The highest BCUT2D eigenvalue weighted by Crippen LogP contribution is 2.24. The lowest BCUT2D eigenvalue weighted by Gasteiger charge is -2.17. The molecule has 108 valence electrons. The summed E-state index contributed by atoms with van der Waals surface area (Å²) in [4.78, 5) is 13.1. The predicted octanol–water partition coefficient (Wildman–Crippen LogP) is 0.339. The molecule has 0 aliphatic carbocycles. The first-order chi connectivity index (χ1) is 9.51. The van der Waals surface area contributed by atoms with E-state index in [0.29, 0.717) is 5.69 Å².